The Morgan fingerprint density at radius 2 is 1.79 bits per heavy atom. The summed E-state index contributed by atoms with van der Waals surface area (Å²) in [6, 6.07) is 15.7. The summed E-state index contributed by atoms with van der Waals surface area (Å²) in [6.07, 6.45) is 3.01. The minimum absolute atomic E-state index is 0.0618. The summed E-state index contributed by atoms with van der Waals surface area (Å²) in [7, 11) is 0. The monoisotopic (exact) mass is 485 g/mol. The van der Waals surface area contributed by atoms with E-state index in [1.807, 2.05) is 40.9 Å². The Hall–Kier alpha value is -2.38. The highest BCUT2D eigenvalue weighted by Gasteiger charge is 2.44. The first-order valence-corrected chi connectivity index (χ1v) is 13.2. The summed E-state index contributed by atoms with van der Waals surface area (Å²) in [5.74, 6) is 0.752. The first-order valence-electron chi connectivity index (χ1n) is 11.2. The summed E-state index contributed by atoms with van der Waals surface area (Å²) < 4.78 is 33.0. The molecule has 2 fully saturated rings. The van der Waals surface area contributed by atoms with Gasteiger partial charge in [0.2, 0.25) is 0 Å². The minimum atomic E-state index is -0.686. The molecule has 1 aromatic heterocycles. The molecule has 0 unspecified atom stereocenters. The predicted molar refractivity (Wildman–Crippen MR) is 129 cm³/mol. The predicted octanol–water partition coefficient (Wildman–Crippen LogP) is 6.67. The average molecular weight is 486 g/mol. The Morgan fingerprint density at radius 3 is 2.45 bits per heavy atom. The highest BCUT2D eigenvalue weighted by molar-refractivity contribution is 7.97. The first kappa shape index (κ1) is 22.4. The molecule has 2 aromatic carbocycles. The van der Waals surface area contributed by atoms with E-state index < -0.39 is 11.6 Å². The number of hydrogen-bond acceptors (Lipinski definition) is 4. The normalized spacial score (nSPS) is 21.9. The largest absolute Gasteiger partial charge is 0.487 e. The zero-order valence-electron chi connectivity index (χ0n) is 18.1. The Balaban J connectivity index is 1.18. The molecule has 0 spiro atoms. The lowest BCUT2D eigenvalue weighted by Gasteiger charge is -2.39. The molecule has 0 aliphatic carbocycles. The van der Waals surface area contributed by atoms with Gasteiger partial charge in [-0.15, -0.1) is 11.3 Å². The maximum atomic E-state index is 14.0. The summed E-state index contributed by atoms with van der Waals surface area (Å²) in [5, 5.41) is 2.10. The third-order valence-corrected chi connectivity index (χ3v) is 8.52. The lowest BCUT2D eigenvalue weighted by molar-refractivity contribution is 0.0349. The second-order valence-electron chi connectivity index (χ2n) is 8.65. The number of benzene rings is 2. The van der Waals surface area contributed by atoms with E-state index in [2.05, 4.69) is 17.5 Å². The molecule has 1 amide bonds. The van der Waals surface area contributed by atoms with Crippen LogP contribution < -0.4 is 4.74 Å². The van der Waals surface area contributed by atoms with Gasteiger partial charge in [0.25, 0.3) is 5.91 Å². The van der Waals surface area contributed by atoms with E-state index in [9.17, 15) is 13.6 Å². The molecule has 2 bridgehead atoms. The third kappa shape index (κ3) is 5.09. The molecule has 2 saturated heterocycles. The van der Waals surface area contributed by atoms with E-state index >= 15 is 0 Å². The van der Waals surface area contributed by atoms with Gasteiger partial charge in [0, 0.05) is 52.9 Å². The molecule has 2 aliphatic heterocycles. The standard InChI is InChI=1S/C26H25F2NO2S2/c27-19-7-10-25(24(28)12-19)31-22-13-20-8-9-21(14-22)29(20)26(30)18-5-3-17(4-6-18)15-32-16-23-2-1-11-33-23/h1-7,10-12,20-22H,8-9,13-16H2/t20-,21-/m0/s1. The molecule has 0 saturated carbocycles. The van der Waals surface area contributed by atoms with Crippen LogP contribution in [0.15, 0.2) is 60.0 Å². The zero-order valence-corrected chi connectivity index (χ0v) is 19.7. The van der Waals surface area contributed by atoms with Gasteiger partial charge in [0.1, 0.15) is 11.9 Å². The Labute approximate surface area is 200 Å². The van der Waals surface area contributed by atoms with E-state index in [-0.39, 0.29) is 29.8 Å². The Morgan fingerprint density at radius 1 is 1.03 bits per heavy atom. The number of piperidine rings is 1. The molecule has 7 heteroatoms. The summed E-state index contributed by atoms with van der Waals surface area (Å²) in [4.78, 5) is 16.7. The number of hydrogen-bond donors (Lipinski definition) is 0. The zero-order chi connectivity index (χ0) is 22.8. The molecular formula is C26H25F2NO2S2. The van der Waals surface area contributed by atoms with Gasteiger partial charge in [-0.2, -0.15) is 11.8 Å². The number of thioether (sulfide) groups is 1. The number of carbonyl (C=O) groups is 1. The maximum Gasteiger partial charge on any atom is 0.254 e. The molecule has 2 atom stereocenters. The smallest absolute Gasteiger partial charge is 0.254 e. The first-order chi connectivity index (χ1) is 16.1. The van der Waals surface area contributed by atoms with Crippen LogP contribution in [0.5, 0.6) is 5.75 Å². The van der Waals surface area contributed by atoms with Crippen molar-refractivity contribution in [1.29, 1.82) is 0 Å². The number of halogens is 2. The summed E-state index contributed by atoms with van der Waals surface area (Å²) >= 11 is 3.65. The number of rotatable bonds is 7. The van der Waals surface area contributed by atoms with E-state index in [1.165, 1.54) is 22.6 Å². The van der Waals surface area contributed by atoms with Crippen molar-refractivity contribution < 1.29 is 18.3 Å². The van der Waals surface area contributed by atoms with Gasteiger partial charge in [-0.3, -0.25) is 4.79 Å². The minimum Gasteiger partial charge on any atom is -0.487 e. The van der Waals surface area contributed by atoms with E-state index in [0.29, 0.717) is 18.4 Å². The molecule has 2 aliphatic rings. The quantitative estimate of drug-likeness (QED) is 0.374. The van der Waals surface area contributed by atoms with Crippen molar-refractivity contribution in [2.24, 2.45) is 0 Å². The molecule has 0 radical (unpaired) electrons. The molecule has 3 aromatic rings. The number of fused-ring (bicyclic) bond motifs is 2. The molecule has 3 nitrogen and oxygen atoms in total. The van der Waals surface area contributed by atoms with Crippen molar-refractivity contribution in [2.75, 3.05) is 0 Å². The van der Waals surface area contributed by atoms with Crippen molar-refractivity contribution in [3.8, 4) is 5.75 Å². The second kappa shape index (κ2) is 9.85. The van der Waals surface area contributed by atoms with Gasteiger partial charge in [-0.1, -0.05) is 18.2 Å². The van der Waals surface area contributed by atoms with Crippen LogP contribution in [-0.2, 0) is 11.5 Å². The van der Waals surface area contributed by atoms with E-state index in [4.69, 9.17) is 4.74 Å². The lowest BCUT2D eigenvalue weighted by Crippen LogP contribution is -2.49. The molecule has 3 heterocycles. The van der Waals surface area contributed by atoms with Crippen LogP contribution >= 0.6 is 23.1 Å². The van der Waals surface area contributed by atoms with Gasteiger partial charge in [-0.25, -0.2) is 8.78 Å². The highest BCUT2D eigenvalue weighted by Crippen LogP contribution is 2.38. The van der Waals surface area contributed by atoms with Crippen LogP contribution in [0, 0.1) is 11.6 Å². The number of nitrogens with zero attached hydrogens (tertiary/aromatic N) is 1. The van der Waals surface area contributed by atoms with Crippen molar-refractivity contribution in [3.05, 3.63) is 87.6 Å². The van der Waals surface area contributed by atoms with E-state index in [1.54, 1.807) is 11.3 Å². The Kier molecular flexibility index (Phi) is 6.69. The van der Waals surface area contributed by atoms with Crippen molar-refractivity contribution in [3.63, 3.8) is 0 Å². The van der Waals surface area contributed by atoms with Crippen molar-refractivity contribution in [2.45, 2.75) is 55.4 Å². The number of ether oxygens (including phenoxy) is 1. The summed E-state index contributed by atoms with van der Waals surface area (Å²) in [6.45, 7) is 0. The van der Waals surface area contributed by atoms with Gasteiger partial charge in [-0.05, 0) is 54.1 Å². The van der Waals surface area contributed by atoms with Crippen molar-refractivity contribution in [1.82, 2.24) is 4.90 Å². The van der Waals surface area contributed by atoms with Gasteiger partial charge in [0.15, 0.2) is 11.6 Å². The second-order valence-corrected chi connectivity index (χ2v) is 10.7. The highest BCUT2D eigenvalue weighted by atomic mass is 32.2. The van der Waals surface area contributed by atoms with Crippen LogP contribution in [0.2, 0.25) is 0 Å². The Bertz CT molecular complexity index is 1090. The number of carbonyl (C=O) groups excluding carboxylic acids is 1. The fourth-order valence-electron chi connectivity index (χ4n) is 4.86. The maximum absolute atomic E-state index is 14.0. The molecule has 5 rings (SSSR count). The van der Waals surface area contributed by atoms with Gasteiger partial charge in [0.05, 0.1) is 0 Å². The number of amides is 1. The molecule has 33 heavy (non-hydrogen) atoms. The number of thiophene rings is 1. The van der Waals surface area contributed by atoms with Gasteiger partial charge >= 0.3 is 0 Å². The van der Waals surface area contributed by atoms with Crippen LogP contribution in [-0.4, -0.2) is 29.0 Å². The molecule has 0 N–H and O–H groups in total. The topological polar surface area (TPSA) is 29.5 Å². The van der Waals surface area contributed by atoms with Crippen LogP contribution in [0.3, 0.4) is 0 Å². The summed E-state index contributed by atoms with van der Waals surface area (Å²) in [5.41, 5.74) is 1.92. The fraction of sp³-hybridized carbons (Fsp3) is 0.346. The third-order valence-electron chi connectivity index (χ3n) is 6.41. The molecule has 172 valence electrons. The van der Waals surface area contributed by atoms with Crippen LogP contribution in [0.1, 0.15) is 46.5 Å². The van der Waals surface area contributed by atoms with E-state index in [0.717, 1.165) is 30.4 Å². The average Bonchev–Trinajstić information content (AvgIpc) is 3.42. The fourth-order valence-corrected chi connectivity index (χ4v) is 6.70. The van der Waals surface area contributed by atoms with Crippen LogP contribution in [0.25, 0.3) is 0 Å². The lowest BCUT2D eigenvalue weighted by atomic mass is 9.98. The molecular weight excluding hydrogens is 460 g/mol. The van der Waals surface area contributed by atoms with Crippen LogP contribution in [0.4, 0.5) is 8.78 Å². The SMILES string of the molecule is O=C(c1ccc(CSCc2cccs2)cc1)N1[C@H]2CC[C@H]1CC(Oc1ccc(F)cc1F)C2. The van der Waals surface area contributed by atoms with Gasteiger partial charge < -0.3 is 9.64 Å². The van der Waals surface area contributed by atoms with Crippen molar-refractivity contribution >= 4 is 29.0 Å².